The highest BCUT2D eigenvalue weighted by Gasteiger charge is 2.42. The summed E-state index contributed by atoms with van der Waals surface area (Å²) in [7, 11) is 0. The van der Waals surface area contributed by atoms with Crippen molar-refractivity contribution < 1.29 is 9.32 Å². The van der Waals surface area contributed by atoms with Gasteiger partial charge in [-0.05, 0) is 50.9 Å². The highest BCUT2D eigenvalue weighted by molar-refractivity contribution is 5.85. The Morgan fingerprint density at radius 3 is 2.58 bits per heavy atom. The Labute approximate surface area is 148 Å². The molecule has 1 saturated heterocycles. The van der Waals surface area contributed by atoms with Crippen molar-refractivity contribution in [1.29, 1.82) is 0 Å². The zero-order valence-electron chi connectivity index (χ0n) is 14.2. The van der Waals surface area contributed by atoms with Crippen LogP contribution in [0, 0.1) is 5.92 Å². The zero-order valence-corrected chi connectivity index (χ0v) is 15.1. The highest BCUT2D eigenvalue weighted by Crippen LogP contribution is 2.39. The molecule has 3 aliphatic rings. The highest BCUT2D eigenvalue weighted by atomic mass is 35.5. The van der Waals surface area contributed by atoms with Crippen LogP contribution in [0.3, 0.4) is 0 Å². The molecule has 1 aromatic rings. The Hall–Kier alpha value is -1.14. The molecule has 24 heavy (non-hydrogen) atoms. The first-order chi connectivity index (χ1) is 11.0. The monoisotopic (exact) mass is 354 g/mol. The normalized spacial score (nSPS) is 32.3. The lowest BCUT2D eigenvalue weighted by Gasteiger charge is -2.34. The summed E-state index contributed by atoms with van der Waals surface area (Å²) in [5.41, 5.74) is 5.86. The van der Waals surface area contributed by atoms with Gasteiger partial charge in [0.05, 0.1) is 11.5 Å². The van der Waals surface area contributed by atoms with Gasteiger partial charge in [-0.25, -0.2) is 0 Å². The number of likely N-dealkylation sites (tertiary alicyclic amines) is 1. The fourth-order valence-corrected chi connectivity index (χ4v) is 4.19. The molecule has 6 nitrogen and oxygen atoms in total. The molecule has 1 unspecified atom stereocenters. The molecule has 0 bridgehead atoms. The molecule has 1 amide bonds. The van der Waals surface area contributed by atoms with E-state index in [9.17, 15) is 4.79 Å². The van der Waals surface area contributed by atoms with Crippen molar-refractivity contribution >= 4 is 18.3 Å². The van der Waals surface area contributed by atoms with Crippen LogP contribution in [0.1, 0.15) is 75.9 Å². The molecule has 2 aliphatic carbocycles. The van der Waals surface area contributed by atoms with Gasteiger partial charge in [-0.1, -0.05) is 12.1 Å². The van der Waals surface area contributed by atoms with Crippen LogP contribution in [-0.2, 0) is 10.3 Å². The Morgan fingerprint density at radius 2 is 1.96 bits per heavy atom. The van der Waals surface area contributed by atoms with Crippen molar-refractivity contribution in [3.05, 3.63) is 11.7 Å². The summed E-state index contributed by atoms with van der Waals surface area (Å²) in [5.74, 6) is 2.28. The number of nitrogens with zero attached hydrogens (tertiary/aromatic N) is 3. The van der Waals surface area contributed by atoms with Crippen molar-refractivity contribution in [2.45, 2.75) is 75.8 Å². The van der Waals surface area contributed by atoms with Crippen molar-refractivity contribution in [2.24, 2.45) is 11.7 Å². The largest absolute Gasteiger partial charge is 0.339 e. The second kappa shape index (κ2) is 6.64. The van der Waals surface area contributed by atoms with E-state index in [2.05, 4.69) is 22.0 Å². The van der Waals surface area contributed by atoms with Crippen LogP contribution in [0.15, 0.2) is 4.52 Å². The van der Waals surface area contributed by atoms with E-state index in [0.29, 0.717) is 24.2 Å². The van der Waals surface area contributed by atoms with Crippen LogP contribution in [0.5, 0.6) is 0 Å². The zero-order chi connectivity index (χ0) is 16.0. The summed E-state index contributed by atoms with van der Waals surface area (Å²) in [6.45, 7) is 3.02. The van der Waals surface area contributed by atoms with Gasteiger partial charge in [0.25, 0.3) is 0 Å². The quantitative estimate of drug-likeness (QED) is 0.902. The summed E-state index contributed by atoms with van der Waals surface area (Å²) in [6, 6.07) is 0.401. The van der Waals surface area contributed by atoms with Crippen molar-refractivity contribution in [1.82, 2.24) is 15.0 Å². The molecule has 1 aliphatic heterocycles. The molecule has 0 spiro atoms. The van der Waals surface area contributed by atoms with Crippen molar-refractivity contribution in [3.8, 4) is 0 Å². The van der Waals surface area contributed by atoms with Crippen LogP contribution in [0.2, 0.25) is 0 Å². The van der Waals surface area contributed by atoms with E-state index < -0.39 is 5.54 Å². The summed E-state index contributed by atoms with van der Waals surface area (Å²) >= 11 is 0. The van der Waals surface area contributed by atoms with E-state index in [0.717, 1.165) is 44.6 Å². The van der Waals surface area contributed by atoms with Crippen LogP contribution in [0.4, 0.5) is 0 Å². The number of hydrogen-bond acceptors (Lipinski definition) is 5. The number of hydrogen-bond donors (Lipinski definition) is 1. The Morgan fingerprint density at radius 1 is 1.25 bits per heavy atom. The summed E-state index contributed by atoms with van der Waals surface area (Å²) in [5, 5.41) is 4.09. The molecule has 1 aromatic heterocycles. The predicted octanol–water partition coefficient (Wildman–Crippen LogP) is 2.72. The SMILES string of the molecule is CC1CCC(N2CC(c3nc(C4(N)CCC4)no3)CC2=O)CC1.Cl. The van der Waals surface area contributed by atoms with Gasteiger partial charge >= 0.3 is 0 Å². The van der Waals surface area contributed by atoms with Gasteiger partial charge in [0, 0.05) is 19.0 Å². The number of rotatable bonds is 3. The fraction of sp³-hybridized carbons (Fsp3) is 0.824. The minimum absolute atomic E-state index is 0. The standard InChI is InChI=1S/C17H26N4O2.ClH/c1-11-3-5-13(6-4-11)21-10-12(9-14(21)22)15-19-16(20-23-15)17(18)7-2-8-17;/h11-13H,2-10,18H2,1H3;1H. The van der Waals surface area contributed by atoms with E-state index in [1.165, 1.54) is 12.8 Å². The summed E-state index contributed by atoms with van der Waals surface area (Å²) in [4.78, 5) is 19.0. The number of carbonyl (C=O) groups excluding carboxylic acids is 1. The first-order valence-corrected chi connectivity index (χ1v) is 8.97. The summed E-state index contributed by atoms with van der Waals surface area (Å²) in [6.07, 6.45) is 8.14. The Kier molecular flexibility index (Phi) is 4.89. The predicted molar refractivity (Wildman–Crippen MR) is 91.8 cm³/mol. The minimum Gasteiger partial charge on any atom is -0.339 e. The molecular weight excluding hydrogens is 328 g/mol. The molecular formula is C17H27ClN4O2. The molecule has 2 N–H and O–H groups in total. The second-order valence-corrected chi connectivity index (χ2v) is 7.83. The maximum atomic E-state index is 12.4. The minimum atomic E-state index is -0.399. The van der Waals surface area contributed by atoms with E-state index >= 15 is 0 Å². The average Bonchev–Trinajstić information content (AvgIpc) is 3.13. The topological polar surface area (TPSA) is 85.2 Å². The van der Waals surface area contributed by atoms with Crippen LogP contribution >= 0.6 is 12.4 Å². The van der Waals surface area contributed by atoms with Crippen LogP contribution < -0.4 is 5.73 Å². The summed E-state index contributed by atoms with van der Waals surface area (Å²) < 4.78 is 5.45. The third kappa shape index (κ3) is 3.06. The third-order valence-corrected chi connectivity index (χ3v) is 6.07. The lowest BCUT2D eigenvalue weighted by molar-refractivity contribution is -0.130. The van der Waals surface area contributed by atoms with Gasteiger partial charge in [-0.3, -0.25) is 4.79 Å². The number of carbonyl (C=O) groups is 1. The average molecular weight is 355 g/mol. The lowest BCUT2D eigenvalue weighted by Crippen LogP contribution is -2.44. The Bertz CT molecular complexity index is 593. The Balaban J connectivity index is 0.00000169. The molecule has 2 saturated carbocycles. The smallest absolute Gasteiger partial charge is 0.232 e. The van der Waals surface area contributed by atoms with E-state index in [-0.39, 0.29) is 24.2 Å². The number of nitrogens with two attached hydrogens (primary N) is 1. The van der Waals surface area contributed by atoms with Crippen LogP contribution in [0.25, 0.3) is 0 Å². The number of amides is 1. The number of aromatic nitrogens is 2. The first-order valence-electron chi connectivity index (χ1n) is 8.97. The van der Waals surface area contributed by atoms with Crippen molar-refractivity contribution in [3.63, 3.8) is 0 Å². The van der Waals surface area contributed by atoms with Gasteiger partial charge < -0.3 is 15.2 Å². The molecule has 0 aromatic carbocycles. The van der Waals surface area contributed by atoms with Gasteiger partial charge in [-0.15, -0.1) is 12.4 Å². The first kappa shape index (κ1) is 17.7. The van der Waals surface area contributed by atoms with E-state index in [1.807, 2.05) is 0 Å². The lowest BCUT2D eigenvalue weighted by atomic mass is 9.77. The van der Waals surface area contributed by atoms with Crippen molar-refractivity contribution in [2.75, 3.05) is 6.54 Å². The van der Waals surface area contributed by atoms with E-state index in [1.54, 1.807) is 0 Å². The molecule has 1 atom stereocenters. The molecule has 7 heteroatoms. The number of halogens is 1. The molecule has 0 radical (unpaired) electrons. The maximum absolute atomic E-state index is 12.4. The molecule has 3 fully saturated rings. The van der Waals surface area contributed by atoms with Gasteiger partial charge in [-0.2, -0.15) is 4.98 Å². The third-order valence-electron chi connectivity index (χ3n) is 6.07. The fourth-order valence-electron chi connectivity index (χ4n) is 4.19. The molecule has 134 valence electrons. The van der Waals surface area contributed by atoms with Crippen LogP contribution in [-0.4, -0.2) is 33.5 Å². The van der Waals surface area contributed by atoms with E-state index in [4.69, 9.17) is 10.3 Å². The van der Waals surface area contributed by atoms with Gasteiger partial charge in [0.2, 0.25) is 11.8 Å². The molecule has 2 heterocycles. The second-order valence-electron chi connectivity index (χ2n) is 7.83. The maximum Gasteiger partial charge on any atom is 0.232 e. The molecule has 4 rings (SSSR count). The van der Waals surface area contributed by atoms with Gasteiger partial charge in [0.1, 0.15) is 0 Å². The van der Waals surface area contributed by atoms with Gasteiger partial charge in [0.15, 0.2) is 5.82 Å².